The fraction of sp³-hybridized carbons (Fsp3) is 0.930. The zero-order valence-corrected chi connectivity index (χ0v) is 59.0. The molecule has 10 saturated heterocycles. The summed E-state index contributed by atoms with van der Waals surface area (Å²) in [6, 6.07) is 3.29. The molecule has 10 heterocycles. The molecule has 3 unspecified atom stereocenters. The number of nitrogens with zero attached hydrogens (tertiary/aromatic N) is 10. The third kappa shape index (κ3) is 18.7. The van der Waals surface area contributed by atoms with Crippen LogP contribution in [0.5, 0.6) is 0 Å². The van der Waals surface area contributed by atoms with Gasteiger partial charge in [0.15, 0.2) is 0 Å². The van der Waals surface area contributed by atoms with Crippen LogP contribution in [0, 0.1) is 57.2 Å². The fourth-order valence-corrected chi connectivity index (χ4v) is 16.3. The summed E-state index contributed by atoms with van der Waals surface area (Å²) in [6.07, 6.45) is 14.7. The van der Waals surface area contributed by atoms with Crippen molar-refractivity contribution in [3.8, 4) is 0 Å². The summed E-state index contributed by atoms with van der Waals surface area (Å²) in [5.74, 6) is 3.85. The van der Waals surface area contributed by atoms with Gasteiger partial charge in [0.1, 0.15) is 0 Å². The van der Waals surface area contributed by atoms with Gasteiger partial charge in [0.2, 0.25) is 29.5 Å². The van der Waals surface area contributed by atoms with Gasteiger partial charge in [0.05, 0.1) is 0 Å². The molecule has 0 radical (unpaired) electrons. The van der Waals surface area contributed by atoms with Gasteiger partial charge < -0.3 is 49.0 Å². The molecule has 3 atom stereocenters. The van der Waals surface area contributed by atoms with E-state index in [9.17, 15) is 24.0 Å². The number of carbonyl (C=O) groups is 5. The van der Waals surface area contributed by atoms with E-state index in [0.29, 0.717) is 81.4 Å². The molecule has 0 aromatic carbocycles. The van der Waals surface area contributed by atoms with E-state index in [1.54, 1.807) is 6.92 Å². The number of fused-ring (bicyclic) bond motifs is 1. The Bertz CT molecular complexity index is 2130. The lowest BCUT2D eigenvalue weighted by Crippen LogP contribution is -2.63. The standard InChI is InChI=1S/C16H30N2O.C15H28N2O.2C14H26N2O.C12H22N2O/c1-5-14(6-2)15(19)18-11-16(12-18)7-9-17(10-8-16)13(3)4;1-12(2)14(18)17-9-7-15(11-17)6-5-8-16(10-15)13(3)4;1-11(2)13(17)16-9-14(10-16)5-7-15(8-6-14)12(3)4;1-10(2)14(17)16-7-12-5-6-15(11(3)4)8-13(12)9-16;1-10(2)13-6-4-12(5-7-13)8-14(9-12)11(3)15/h13-14H,5-12H2,1-4H3;12-13H,5-11H2,1-4H3;11-12H,5-10H2,1-4H3;10-13H,5-9H2,1-4H3;10H,4-9H2,1-3H3. The normalized spacial score (nSPS) is 26.6. The molecule has 496 valence electrons. The van der Waals surface area contributed by atoms with Crippen LogP contribution in [0.25, 0.3) is 0 Å². The van der Waals surface area contributed by atoms with E-state index < -0.39 is 0 Å². The maximum Gasteiger partial charge on any atom is 0.225 e. The second kappa shape index (κ2) is 31.5. The van der Waals surface area contributed by atoms with Crippen molar-refractivity contribution >= 4 is 29.5 Å². The first-order chi connectivity index (χ1) is 40.4. The summed E-state index contributed by atoms with van der Waals surface area (Å²) in [6.45, 7) is 62.8. The number of carbonyl (C=O) groups excluding carboxylic acids is 5. The van der Waals surface area contributed by atoms with Gasteiger partial charge in [-0.1, -0.05) is 55.4 Å². The third-order valence-electron chi connectivity index (χ3n) is 22.9. The summed E-state index contributed by atoms with van der Waals surface area (Å²) < 4.78 is 0. The van der Waals surface area contributed by atoms with Crippen LogP contribution in [0.1, 0.15) is 209 Å². The minimum atomic E-state index is 0.143. The molecule has 10 aliphatic heterocycles. The summed E-state index contributed by atoms with van der Waals surface area (Å²) in [5, 5.41) is 0. The van der Waals surface area contributed by atoms with E-state index in [2.05, 4.69) is 127 Å². The highest BCUT2D eigenvalue weighted by Crippen LogP contribution is 2.45. The Labute approximate surface area is 527 Å². The average molecular weight is 1210 g/mol. The van der Waals surface area contributed by atoms with Gasteiger partial charge in [-0.2, -0.15) is 0 Å². The van der Waals surface area contributed by atoms with Crippen molar-refractivity contribution in [1.82, 2.24) is 49.0 Å². The molecule has 86 heavy (non-hydrogen) atoms. The highest BCUT2D eigenvalue weighted by Gasteiger charge is 2.50. The Morgan fingerprint density at radius 3 is 1.06 bits per heavy atom. The van der Waals surface area contributed by atoms with Crippen molar-refractivity contribution in [2.45, 2.75) is 239 Å². The Morgan fingerprint density at radius 2 is 0.674 bits per heavy atom. The first kappa shape index (κ1) is 72.2. The van der Waals surface area contributed by atoms with Gasteiger partial charge in [0.25, 0.3) is 0 Å². The molecule has 4 spiro atoms. The first-order valence-corrected chi connectivity index (χ1v) is 35.5. The van der Waals surface area contributed by atoms with Crippen molar-refractivity contribution < 1.29 is 24.0 Å². The molecule has 10 rings (SSSR count). The molecule has 0 aliphatic carbocycles. The minimum absolute atomic E-state index is 0.143. The van der Waals surface area contributed by atoms with Crippen molar-refractivity contribution in [2.75, 3.05) is 131 Å². The SMILES string of the molecule is CC(=O)N1CC2(CCN(C(C)C)CC2)C1.CC(C)C(=O)N1CC2(CCN(C(C)C)CC2)C1.CC(C)C(=O)N1CC2CCN(C(C)C)CC2C1.CC(C)C(=O)N1CCC2(CCCN(C(C)C)C2)C1.CCC(CC)C(=O)N1CC2(CCN(C(C)C)CC2)C1. The highest BCUT2D eigenvalue weighted by atomic mass is 16.2. The third-order valence-corrected chi connectivity index (χ3v) is 22.9. The molecular formula is C71H132N10O5. The average Bonchev–Trinajstić information content (AvgIpc) is 1.31. The van der Waals surface area contributed by atoms with E-state index in [4.69, 9.17) is 0 Å². The van der Waals surface area contributed by atoms with E-state index in [1.807, 2.05) is 46.4 Å². The summed E-state index contributed by atoms with van der Waals surface area (Å²) in [7, 11) is 0. The second-order valence-electron chi connectivity index (χ2n) is 31.9. The lowest BCUT2D eigenvalue weighted by molar-refractivity contribution is -0.152. The van der Waals surface area contributed by atoms with Crippen molar-refractivity contribution in [2.24, 2.45) is 57.2 Å². The molecule has 0 bridgehead atoms. The van der Waals surface area contributed by atoms with E-state index >= 15 is 0 Å². The molecule has 15 heteroatoms. The van der Waals surface area contributed by atoms with Gasteiger partial charge in [0, 0.05) is 161 Å². The molecule has 0 aromatic heterocycles. The molecule has 0 saturated carbocycles. The lowest BCUT2D eigenvalue weighted by atomic mass is 9.71. The van der Waals surface area contributed by atoms with Crippen LogP contribution in [0.3, 0.4) is 0 Å². The van der Waals surface area contributed by atoms with Gasteiger partial charge in [-0.05, 0) is 210 Å². The zero-order valence-electron chi connectivity index (χ0n) is 59.0. The molecule has 0 aromatic rings. The molecule has 10 fully saturated rings. The number of likely N-dealkylation sites (tertiary alicyclic amines) is 10. The quantitative estimate of drug-likeness (QED) is 0.198. The number of hydrogen-bond acceptors (Lipinski definition) is 10. The lowest BCUT2D eigenvalue weighted by Gasteiger charge is -2.55. The highest BCUT2D eigenvalue weighted by molar-refractivity contribution is 5.80. The molecule has 15 nitrogen and oxygen atoms in total. The smallest absolute Gasteiger partial charge is 0.225 e. The predicted octanol–water partition coefficient (Wildman–Crippen LogP) is 10.3. The van der Waals surface area contributed by atoms with Crippen LogP contribution in [-0.2, 0) is 24.0 Å². The Balaban J connectivity index is 0.000000172. The summed E-state index contributed by atoms with van der Waals surface area (Å²) in [5.41, 5.74) is 1.81. The number of rotatable bonds is 11. The minimum Gasteiger partial charge on any atom is -0.342 e. The topological polar surface area (TPSA) is 118 Å². The molecular weight excluding hydrogens is 1070 g/mol. The van der Waals surface area contributed by atoms with Crippen LogP contribution in [0.4, 0.5) is 0 Å². The molecule has 5 amide bonds. The summed E-state index contributed by atoms with van der Waals surface area (Å²) >= 11 is 0. The Hall–Kier alpha value is -2.85. The van der Waals surface area contributed by atoms with Crippen LogP contribution < -0.4 is 0 Å². The van der Waals surface area contributed by atoms with Crippen LogP contribution in [0.2, 0.25) is 0 Å². The largest absolute Gasteiger partial charge is 0.342 e. The van der Waals surface area contributed by atoms with Crippen molar-refractivity contribution in [3.63, 3.8) is 0 Å². The molecule has 0 N–H and O–H groups in total. The van der Waals surface area contributed by atoms with E-state index in [-0.39, 0.29) is 29.6 Å². The van der Waals surface area contributed by atoms with Crippen molar-refractivity contribution in [1.29, 1.82) is 0 Å². The van der Waals surface area contributed by atoms with Gasteiger partial charge in [-0.15, -0.1) is 0 Å². The number of hydrogen-bond donors (Lipinski definition) is 0. The van der Waals surface area contributed by atoms with Gasteiger partial charge >= 0.3 is 0 Å². The van der Waals surface area contributed by atoms with Crippen LogP contribution in [-0.4, -0.2) is 240 Å². The van der Waals surface area contributed by atoms with Crippen LogP contribution in [0.15, 0.2) is 0 Å². The first-order valence-electron chi connectivity index (χ1n) is 35.5. The van der Waals surface area contributed by atoms with Crippen molar-refractivity contribution in [3.05, 3.63) is 0 Å². The zero-order chi connectivity index (χ0) is 63.6. The summed E-state index contributed by atoms with van der Waals surface area (Å²) in [4.78, 5) is 82.6. The number of piperidine rings is 5. The second-order valence-corrected chi connectivity index (χ2v) is 31.9. The molecule has 10 aliphatic rings. The maximum absolute atomic E-state index is 12.3. The monoisotopic (exact) mass is 1210 g/mol. The fourth-order valence-electron chi connectivity index (χ4n) is 16.3. The Morgan fingerprint density at radius 1 is 0.337 bits per heavy atom. The van der Waals surface area contributed by atoms with Gasteiger partial charge in [-0.25, -0.2) is 0 Å². The predicted molar refractivity (Wildman–Crippen MR) is 354 cm³/mol. The number of amides is 5. The van der Waals surface area contributed by atoms with Gasteiger partial charge in [-0.3, -0.25) is 24.0 Å². The van der Waals surface area contributed by atoms with E-state index in [0.717, 1.165) is 84.2 Å². The van der Waals surface area contributed by atoms with E-state index in [1.165, 1.54) is 130 Å². The van der Waals surface area contributed by atoms with Crippen LogP contribution >= 0.6 is 0 Å². The Kier molecular flexibility index (Phi) is 26.4. The maximum atomic E-state index is 12.3.